The first-order chi connectivity index (χ1) is 6.57. The van der Waals surface area contributed by atoms with Crippen LogP contribution in [0.15, 0.2) is 4.99 Å². The predicted octanol–water partition coefficient (Wildman–Crippen LogP) is 2.89. The van der Waals surface area contributed by atoms with Crippen molar-refractivity contribution < 1.29 is 0 Å². The second-order valence-corrected chi connectivity index (χ2v) is 5.59. The highest BCUT2D eigenvalue weighted by Crippen LogP contribution is 2.22. The highest BCUT2D eigenvalue weighted by molar-refractivity contribution is 8.14. The molecule has 14 heavy (non-hydrogen) atoms. The molecule has 82 valence electrons. The number of thioether (sulfide) groups is 1. The molecule has 1 heterocycles. The van der Waals surface area contributed by atoms with Gasteiger partial charge in [0.25, 0.3) is 0 Å². The van der Waals surface area contributed by atoms with Crippen molar-refractivity contribution in [1.82, 2.24) is 5.32 Å². The lowest BCUT2D eigenvalue weighted by molar-refractivity contribution is 0.501. The van der Waals surface area contributed by atoms with Gasteiger partial charge in [-0.05, 0) is 19.8 Å². The maximum atomic E-state index is 4.63. The molecule has 1 aliphatic heterocycles. The SMILES string of the molecule is CCC(CC)CN=C1NC(C)(C)CS1. The molecule has 1 rings (SSSR count). The fraction of sp³-hybridized carbons (Fsp3) is 0.909. The summed E-state index contributed by atoms with van der Waals surface area (Å²) in [5, 5.41) is 4.59. The maximum Gasteiger partial charge on any atom is 0.157 e. The molecule has 0 radical (unpaired) electrons. The molecule has 3 heteroatoms. The molecule has 0 unspecified atom stereocenters. The summed E-state index contributed by atoms with van der Waals surface area (Å²) in [6.45, 7) is 9.92. The molecule has 0 aromatic rings. The lowest BCUT2D eigenvalue weighted by Gasteiger charge is -2.16. The minimum atomic E-state index is 0.234. The van der Waals surface area contributed by atoms with Crippen molar-refractivity contribution in [3.8, 4) is 0 Å². The van der Waals surface area contributed by atoms with Crippen molar-refractivity contribution in [3.05, 3.63) is 0 Å². The van der Waals surface area contributed by atoms with Crippen LogP contribution in [-0.2, 0) is 0 Å². The van der Waals surface area contributed by atoms with Gasteiger partial charge in [-0.1, -0.05) is 38.5 Å². The number of hydrogen-bond donors (Lipinski definition) is 1. The van der Waals surface area contributed by atoms with E-state index in [-0.39, 0.29) is 5.54 Å². The van der Waals surface area contributed by atoms with Crippen LogP contribution in [0.5, 0.6) is 0 Å². The van der Waals surface area contributed by atoms with E-state index in [4.69, 9.17) is 0 Å². The van der Waals surface area contributed by atoms with Crippen molar-refractivity contribution in [2.24, 2.45) is 10.9 Å². The molecule has 0 aromatic heterocycles. The van der Waals surface area contributed by atoms with Gasteiger partial charge in [-0.2, -0.15) is 0 Å². The third-order valence-electron chi connectivity index (χ3n) is 2.66. The number of amidine groups is 1. The third kappa shape index (κ3) is 3.52. The van der Waals surface area contributed by atoms with Crippen LogP contribution < -0.4 is 5.32 Å². The quantitative estimate of drug-likeness (QED) is 0.778. The number of hydrogen-bond acceptors (Lipinski definition) is 2. The third-order valence-corrected chi connectivity index (χ3v) is 4.03. The average Bonchev–Trinajstić information content (AvgIpc) is 2.47. The standard InChI is InChI=1S/C11H22N2S/c1-5-9(6-2)7-12-10-13-11(3,4)8-14-10/h9H,5-8H2,1-4H3,(H,12,13). The Labute approximate surface area is 92.0 Å². The van der Waals surface area contributed by atoms with E-state index in [1.54, 1.807) is 0 Å². The van der Waals surface area contributed by atoms with Gasteiger partial charge in [-0.25, -0.2) is 0 Å². The van der Waals surface area contributed by atoms with Crippen LogP contribution in [0.4, 0.5) is 0 Å². The van der Waals surface area contributed by atoms with E-state index in [1.165, 1.54) is 12.8 Å². The Morgan fingerprint density at radius 3 is 2.50 bits per heavy atom. The zero-order chi connectivity index (χ0) is 10.6. The molecule has 1 saturated heterocycles. The fourth-order valence-electron chi connectivity index (χ4n) is 1.45. The molecule has 1 fully saturated rings. The molecule has 0 atom stereocenters. The molecule has 0 aliphatic carbocycles. The summed E-state index contributed by atoms with van der Waals surface area (Å²) < 4.78 is 0. The Balaban J connectivity index is 2.39. The summed E-state index contributed by atoms with van der Waals surface area (Å²) in [5.41, 5.74) is 0.234. The molecule has 0 amide bonds. The van der Waals surface area contributed by atoms with Crippen molar-refractivity contribution in [1.29, 1.82) is 0 Å². The lowest BCUT2D eigenvalue weighted by Crippen LogP contribution is -2.37. The molecule has 2 nitrogen and oxygen atoms in total. The molecular formula is C11H22N2S. The van der Waals surface area contributed by atoms with Crippen LogP contribution in [0.25, 0.3) is 0 Å². The van der Waals surface area contributed by atoms with E-state index in [9.17, 15) is 0 Å². The second-order valence-electron chi connectivity index (χ2n) is 4.63. The molecule has 0 spiro atoms. The summed E-state index contributed by atoms with van der Waals surface area (Å²) in [6, 6.07) is 0. The first-order valence-electron chi connectivity index (χ1n) is 5.53. The molecule has 0 bridgehead atoms. The molecule has 1 aliphatic rings. The van der Waals surface area contributed by atoms with Crippen LogP contribution in [0.3, 0.4) is 0 Å². The lowest BCUT2D eigenvalue weighted by atomic mass is 10.0. The molecular weight excluding hydrogens is 192 g/mol. The van der Waals surface area contributed by atoms with Crippen LogP contribution in [0, 0.1) is 5.92 Å². The number of nitrogens with one attached hydrogen (secondary N) is 1. The van der Waals surface area contributed by atoms with Crippen LogP contribution in [-0.4, -0.2) is 23.0 Å². The minimum absolute atomic E-state index is 0.234. The smallest absolute Gasteiger partial charge is 0.157 e. The van der Waals surface area contributed by atoms with E-state index in [0.29, 0.717) is 0 Å². The van der Waals surface area contributed by atoms with Gasteiger partial charge in [-0.15, -0.1) is 0 Å². The normalized spacial score (nSPS) is 23.1. The summed E-state index contributed by atoms with van der Waals surface area (Å²) in [4.78, 5) is 4.63. The monoisotopic (exact) mass is 214 g/mol. The average molecular weight is 214 g/mol. The molecule has 0 saturated carbocycles. The van der Waals surface area contributed by atoms with E-state index in [0.717, 1.165) is 23.4 Å². The van der Waals surface area contributed by atoms with Gasteiger partial charge >= 0.3 is 0 Å². The van der Waals surface area contributed by atoms with Crippen molar-refractivity contribution in [2.75, 3.05) is 12.3 Å². The topological polar surface area (TPSA) is 24.4 Å². The van der Waals surface area contributed by atoms with Gasteiger partial charge in [0.1, 0.15) is 0 Å². The van der Waals surface area contributed by atoms with Gasteiger partial charge < -0.3 is 5.32 Å². The fourth-order valence-corrected chi connectivity index (χ4v) is 2.54. The van der Waals surface area contributed by atoms with Crippen LogP contribution >= 0.6 is 11.8 Å². The first-order valence-corrected chi connectivity index (χ1v) is 6.51. The van der Waals surface area contributed by atoms with Crippen LogP contribution in [0.1, 0.15) is 40.5 Å². The number of nitrogens with zero attached hydrogens (tertiary/aromatic N) is 1. The van der Waals surface area contributed by atoms with Gasteiger partial charge in [0.05, 0.1) is 0 Å². The predicted molar refractivity (Wildman–Crippen MR) is 66.0 cm³/mol. The Morgan fingerprint density at radius 2 is 2.07 bits per heavy atom. The highest BCUT2D eigenvalue weighted by atomic mass is 32.2. The Bertz CT molecular complexity index is 207. The van der Waals surface area contributed by atoms with E-state index in [2.05, 4.69) is 38.0 Å². The second kappa shape index (κ2) is 5.06. The van der Waals surface area contributed by atoms with Crippen molar-refractivity contribution >= 4 is 16.9 Å². The summed E-state index contributed by atoms with van der Waals surface area (Å²) >= 11 is 1.85. The van der Waals surface area contributed by atoms with E-state index < -0.39 is 0 Å². The van der Waals surface area contributed by atoms with Gasteiger partial charge in [-0.3, -0.25) is 4.99 Å². The summed E-state index contributed by atoms with van der Waals surface area (Å²) in [5.74, 6) is 1.89. The van der Waals surface area contributed by atoms with E-state index in [1.807, 2.05) is 11.8 Å². The van der Waals surface area contributed by atoms with Crippen molar-refractivity contribution in [3.63, 3.8) is 0 Å². The number of rotatable bonds is 4. The minimum Gasteiger partial charge on any atom is -0.359 e. The van der Waals surface area contributed by atoms with Gasteiger partial charge in [0.15, 0.2) is 5.17 Å². The van der Waals surface area contributed by atoms with E-state index >= 15 is 0 Å². The Kier molecular flexibility index (Phi) is 4.30. The largest absolute Gasteiger partial charge is 0.359 e. The van der Waals surface area contributed by atoms with Crippen LogP contribution in [0.2, 0.25) is 0 Å². The Hall–Kier alpha value is -0.180. The zero-order valence-corrected chi connectivity index (χ0v) is 10.6. The van der Waals surface area contributed by atoms with Crippen molar-refractivity contribution in [2.45, 2.75) is 46.1 Å². The summed E-state index contributed by atoms with van der Waals surface area (Å²) in [6.07, 6.45) is 2.47. The first kappa shape index (κ1) is 11.9. The number of aliphatic imine (C=N–C) groups is 1. The highest BCUT2D eigenvalue weighted by Gasteiger charge is 2.27. The Morgan fingerprint density at radius 1 is 1.43 bits per heavy atom. The summed E-state index contributed by atoms with van der Waals surface area (Å²) in [7, 11) is 0. The molecule has 0 aromatic carbocycles. The van der Waals surface area contributed by atoms with Gasteiger partial charge in [0, 0.05) is 17.8 Å². The molecule has 1 N–H and O–H groups in total. The maximum absolute atomic E-state index is 4.63. The zero-order valence-electron chi connectivity index (χ0n) is 9.76. The van der Waals surface area contributed by atoms with Gasteiger partial charge in [0.2, 0.25) is 0 Å².